The number of rotatable bonds is 4. The van der Waals surface area contributed by atoms with Crippen molar-refractivity contribution in [1.29, 1.82) is 0 Å². The highest BCUT2D eigenvalue weighted by Gasteiger charge is 2.48. The minimum atomic E-state index is -0.144. The van der Waals surface area contributed by atoms with Crippen LogP contribution in [0.4, 0.5) is 17.3 Å². The van der Waals surface area contributed by atoms with Crippen LogP contribution in [0.25, 0.3) is 0 Å². The smallest absolute Gasteiger partial charge is 0.170 e. The fourth-order valence-electron chi connectivity index (χ4n) is 5.12. The Labute approximate surface area is 160 Å². The molecule has 2 aliphatic carbocycles. The van der Waals surface area contributed by atoms with E-state index in [1.165, 1.54) is 0 Å². The van der Waals surface area contributed by atoms with E-state index >= 15 is 0 Å². The van der Waals surface area contributed by atoms with Crippen molar-refractivity contribution in [2.75, 3.05) is 35.8 Å². The average Bonchev–Trinajstić information content (AvgIpc) is 3.25. The van der Waals surface area contributed by atoms with Crippen molar-refractivity contribution >= 4 is 29.1 Å². The topological polar surface area (TPSA) is 67.8 Å². The number of nitrogens with zero attached hydrogens (tertiary/aromatic N) is 5. The quantitative estimate of drug-likeness (QED) is 0.777. The van der Waals surface area contributed by atoms with Crippen LogP contribution in [0.3, 0.4) is 0 Å². The maximum Gasteiger partial charge on any atom is 0.170 e. The first kappa shape index (κ1) is 18.1. The molecule has 5 unspecified atom stereocenters. The number of fused-ring (bicyclic) bond motifs is 3. The summed E-state index contributed by atoms with van der Waals surface area (Å²) in [6.45, 7) is 4.37. The number of aliphatic hydroxyl groups is 1. The van der Waals surface area contributed by atoms with E-state index in [9.17, 15) is 5.11 Å². The molecule has 0 radical (unpaired) electrons. The van der Waals surface area contributed by atoms with Gasteiger partial charge in [-0.25, -0.2) is 9.97 Å². The van der Waals surface area contributed by atoms with Crippen molar-refractivity contribution < 1.29 is 5.11 Å². The molecule has 2 fully saturated rings. The molecule has 1 aromatic rings. The van der Waals surface area contributed by atoms with Crippen LogP contribution in [-0.4, -0.2) is 59.6 Å². The van der Waals surface area contributed by atoms with Gasteiger partial charge in [0.05, 0.1) is 6.10 Å². The molecule has 26 heavy (non-hydrogen) atoms. The molecule has 0 aromatic carbocycles. The molecule has 1 aliphatic heterocycles. The predicted octanol–water partition coefficient (Wildman–Crippen LogP) is 2.43. The molecule has 5 atom stereocenters. The van der Waals surface area contributed by atoms with Crippen molar-refractivity contribution in [3.8, 4) is 0 Å². The standard InChI is InChI=1S/C18H29ClN6O/c1-9(2)23(3)18-24(4)14-16(22-19)20-15(21-17(14)25(18)5)12-7-11-6-10(12)8-13(11)26/h9-13,18,26H,6-8H2,1-5H3,(H,20,21,22). The Kier molecular flexibility index (Phi) is 4.44. The minimum absolute atomic E-state index is 0.0696. The van der Waals surface area contributed by atoms with Crippen LogP contribution in [0.15, 0.2) is 0 Å². The molecule has 2 bridgehead atoms. The van der Waals surface area contributed by atoms with E-state index < -0.39 is 0 Å². The van der Waals surface area contributed by atoms with Crippen molar-refractivity contribution in [2.45, 2.75) is 57.5 Å². The summed E-state index contributed by atoms with van der Waals surface area (Å²) >= 11 is 6.06. The van der Waals surface area contributed by atoms with Gasteiger partial charge in [-0.05, 0) is 52.0 Å². The van der Waals surface area contributed by atoms with Crippen LogP contribution in [0, 0.1) is 11.8 Å². The fourth-order valence-corrected chi connectivity index (χ4v) is 5.25. The highest BCUT2D eigenvalue weighted by Crippen LogP contribution is 2.53. The highest BCUT2D eigenvalue weighted by atomic mass is 35.5. The number of hydrogen-bond acceptors (Lipinski definition) is 7. The van der Waals surface area contributed by atoms with Gasteiger partial charge in [-0.1, -0.05) is 0 Å². The Bertz CT molecular complexity index is 699. The van der Waals surface area contributed by atoms with Crippen LogP contribution >= 0.6 is 11.8 Å². The Morgan fingerprint density at radius 2 is 1.88 bits per heavy atom. The highest BCUT2D eigenvalue weighted by molar-refractivity contribution is 6.24. The summed E-state index contributed by atoms with van der Waals surface area (Å²) in [7, 11) is 6.25. The van der Waals surface area contributed by atoms with Gasteiger partial charge in [0.2, 0.25) is 0 Å². The summed E-state index contributed by atoms with van der Waals surface area (Å²) in [5, 5.41) is 10.1. The van der Waals surface area contributed by atoms with Gasteiger partial charge in [0.1, 0.15) is 11.5 Å². The number of anilines is 3. The molecule has 0 amide bonds. The molecule has 144 valence electrons. The molecule has 3 aliphatic rings. The summed E-state index contributed by atoms with van der Waals surface area (Å²) in [5.41, 5.74) is 0.937. The largest absolute Gasteiger partial charge is 0.393 e. The van der Waals surface area contributed by atoms with E-state index in [1.807, 2.05) is 0 Å². The van der Waals surface area contributed by atoms with E-state index in [-0.39, 0.29) is 12.4 Å². The second kappa shape index (κ2) is 6.39. The molecule has 2 N–H and O–H groups in total. The first-order chi connectivity index (χ1) is 12.3. The molecule has 1 aromatic heterocycles. The Balaban J connectivity index is 1.71. The minimum Gasteiger partial charge on any atom is -0.393 e. The van der Waals surface area contributed by atoms with Gasteiger partial charge in [0.25, 0.3) is 0 Å². The lowest BCUT2D eigenvalue weighted by atomic mass is 9.86. The monoisotopic (exact) mass is 380 g/mol. The molecule has 2 heterocycles. The number of halogens is 1. The first-order valence-electron chi connectivity index (χ1n) is 9.47. The summed E-state index contributed by atoms with van der Waals surface area (Å²) < 4.78 is 0. The molecular formula is C18H29ClN6O. The van der Waals surface area contributed by atoms with E-state index in [0.29, 0.717) is 29.6 Å². The zero-order chi connectivity index (χ0) is 18.7. The second-order valence-corrected chi connectivity index (χ2v) is 8.61. The lowest BCUT2D eigenvalue weighted by Gasteiger charge is -2.37. The number of hydrogen-bond donors (Lipinski definition) is 2. The van der Waals surface area contributed by atoms with Gasteiger partial charge in [0, 0.05) is 37.8 Å². The predicted molar refractivity (Wildman–Crippen MR) is 105 cm³/mol. The van der Waals surface area contributed by atoms with Gasteiger partial charge in [-0.2, -0.15) is 0 Å². The first-order valence-corrected chi connectivity index (χ1v) is 9.85. The SMILES string of the molecule is CC(C)N(C)C1N(C)c2nc(C3CC4CC3CC4O)nc(NCl)c2N1C. The van der Waals surface area contributed by atoms with Gasteiger partial charge < -0.3 is 14.9 Å². The number of nitrogens with one attached hydrogen (secondary N) is 1. The third kappa shape index (κ3) is 2.55. The Morgan fingerprint density at radius 3 is 2.42 bits per heavy atom. The van der Waals surface area contributed by atoms with Crippen LogP contribution in [0.5, 0.6) is 0 Å². The molecule has 8 heteroatoms. The maximum atomic E-state index is 10.1. The van der Waals surface area contributed by atoms with Crippen molar-refractivity contribution in [3.05, 3.63) is 5.82 Å². The van der Waals surface area contributed by atoms with Crippen LogP contribution in [0.2, 0.25) is 0 Å². The summed E-state index contributed by atoms with van der Waals surface area (Å²) in [4.78, 5) is 19.2. The lowest BCUT2D eigenvalue weighted by molar-refractivity contribution is 0.106. The van der Waals surface area contributed by atoms with E-state index in [2.05, 4.69) is 54.5 Å². The third-order valence-corrected chi connectivity index (χ3v) is 6.86. The molecule has 0 spiro atoms. The molecule has 7 nitrogen and oxygen atoms in total. The fraction of sp³-hybridized carbons (Fsp3) is 0.778. The van der Waals surface area contributed by atoms with Gasteiger partial charge >= 0.3 is 0 Å². The van der Waals surface area contributed by atoms with Crippen molar-refractivity contribution in [1.82, 2.24) is 14.9 Å². The normalized spacial score (nSPS) is 32.9. The van der Waals surface area contributed by atoms with Gasteiger partial charge in [0.15, 0.2) is 17.9 Å². The lowest BCUT2D eigenvalue weighted by Crippen LogP contribution is -2.53. The molecule has 2 saturated carbocycles. The average molecular weight is 381 g/mol. The van der Waals surface area contributed by atoms with Crippen molar-refractivity contribution in [2.24, 2.45) is 11.8 Å². The van der Waals surface area contributed by atoms with Crippen LogP contribution in [0.1, 0.15) is 44.9 Å². The third-order valence-electron chi connectivity index (χ3n) is 6.68. The zero-order valence-corrected chi connectivity index (χ0v) is 16.9. The summed E-state index contributed by atoms with van der Waals surface area (Å²) in [6.07, 6.45) is 2.86. The van der Waals surface area contributed by atoms with Crippen molar-refractivity contribution in [3.63, 3.8) is 0 Å². The number of aromatic nitrogens is 2. The Morgan fingerprint density at radius 1 is 1.15 bits per heavy atom. The maximum absolute atomic E-state index is 10.1. The summed E-state index contributed by atoms with van der Waals surface area (Å²) in [5.74, 6) is 3.65. The second-order valence-electron chi connectivity index (χ2n) is 8.43. The van der Waals surface area contributed by atoms with Gasteiger partial charge in [-0.3, -0.25) is 9.74 Å². The number of aliphatic hydroxyl groups excluding tert-OH is 1. The molecule has 4 rings (SSSR count). The molecule has 0 saturated heterocycles. The van der Waals surface area contributed by atoms with E-state index in [0.717, 1.165) is 36.6 Å². The van der Waals surface area contributed by atoms with E-state index in [4.69, 9.17) is 21.7 Å². The van der Waals surface area contributed by atoms with Crippen LogP contribution in [-0.2, 0) is 0 Å². The Hall–Kier alpha value is -1.31. The van der Waals surface area contributed by atoms with E-state index in [1.54, 1.807) is 0 Å². The zero-order valence-electron chi connectivity index (χ0n) is 16.1. The summed E-state index contributed by atoms with van der Waals surface area (Å²) in [6, 6.07) is 0.395. The molecular weight excluding hydrogens is 352 g/mol. The van der Waals surface area contributed by atoms with Gasteiger partial charge in [-0.15, -0.1) is 0 Å². The van der Waals surface area contributed by atoms with Crippen LogP contribution < -0.4 is 14.6 Å².